The van der Waals surface area contributed by atoms with E-state index < -0.39 is 60.2 Å². The van der Waals surface area contributed by atoms with Gasteiger partial charge in [0.15, 0.2) is 0 Å². The Bertz CT molecular complexity index is 1840. The van der Waals surface area contributed by atoms with E-state index >= 15 is 9.59 Å². The highest BCUT2D eigenvalue weighted by Gasteiger charge is 2.72. The summed E-state index contributed by atoms with van der Waals surface area (Å²) >= 11 is 0. The Morgan fingerprint density at radius 1 is 0.940 bits per heavy atom. The number of cyclic esters (lactones) is 1. The zero-order chi connectivity index (χ0) is 35.0. The Labute approximate surface area is 291 Å². The Balaban J connectivity index is 1.37. The van der Waals surface area contributed by atoms with Crippen LogP contribution < -0.4 is 10.2 Å². The topological polar surface area (TPSA) is 125 Å². The Morgan fingerprint density at radius 3 is 2.42 bits per heavy atom. The lowest BCUT2D eigenvalue weighted by molar-refractivity contribution is -0.160. The van der Waals surface area contributed by atoms with Crippen LogP contribution in [-0.4, -0.2) is 71.1 Å². The van der Waals surface area contributed by atoms with Gasteiger partial charge in [0.2, 0.25) is 11.8 Å². The van der Waals surface area contributed by atoms with Crippen molar-refractivity contribution in [2.75, 3.05) is 24.6 Å². The molecule has 7 atom stereocenters. The van der Waals surface area contributed by atoms with Gasteiger partial charge in [0.05, 0.1) is 31.2 Å². The van der Waals surface area contributed by atoms with Crippen LogP contribution in [0.1, 0.15) is 47.2 Å². The van der Waals surface area contributed by atoms with E-state index in [0.717, 1.165) is 11.1 Å². The zero-order valence-corrected chi connectivity index (χ0v) is 28.1. The summed E-state index contributed by atoms with van der Waals surface area (Å²) in [7, 11) is 0. The molecule has 0 saturated carbocycles. The molecular weight excluding hydrogens is 634 g/mol. The average Bonchev–Trinajstić information content (AvgIpc) is 3.51. The molecule has 3 aromatic carbocycles. The molecule has 4 aliphatic rings. The number of allylic oxidation sites excluding steroid dienone is 1. The highest BCUT2D eigenvalue weighted by Crippen LogP contribution is 2.55. The fourth-order valence-electron chi connectivity index (χ4n) is 7.94. The Hall–Kier alpha value is -5.06. The van der Waals surface area contributed by atoms with Crippen molar-refractivity contribution >= 4 is 29.4 Å². The van der Waals surface area contributed by atoms with Gasteiger partial charge in [-0.25, -0.2) is 0 Å². The molecule has 0 aromatic heterocycles. The van der Waals surface area contributed by atoms with E-state index in [1.807, 2.05) is 98.8 Å². The minimum absolute atomic E-state index is 0.0544. The number of esters is 1. The number of aryl methyl sites for hydroxylation is 2. The number of nitrogens with zero attached hydrogens (tertiary/aromatic N) is 2. The number of anilines is 1. The summed E-state index contributed by atoms with van der Waals surface area (Å²) in [6.45, 7) is 3.70. The first-order chi connectivity index (χ1) is 24.2. The molecular formula is C40H41N3O7. The molecule has 2 saturated heterocycles. The molecule has 0 radical (unpaired) electrons. The summed E-state index contributed by atoms with van der Waals surface area (Å²) in [6.07, 6.45) is 5.96. The van der Waals surface area contributed by atoms with Crippen LogP contribution in [0.4, 0.5) is 5.69 Å². The summed E-state index contributed by atoms with van der Waals surface area (Å²) in [5, 5.41) is 13.8. The third-order valence-electron chi connectivity index (χ3n) is 10.3. The summed E-state index contributed by atoms with van der Waals surface area (Å²) in [5.41, 5.74) is 2.35. The van der Waals surface area contributed by atoms with E-state index in [1.165, 1.54) is 4.90 Å². The molecule has 3 aromatic rings. The number of aliphatic hydroxyl groups excluding tert-OH is 1. The van der Waals surface area contributed by atoms with Gasteiger partial charge >= 0.3 is 5.97 Å². The monoisotopic (exact) mass is 675 g/mol. The van der Waals surface area contributed by atoms with Gasteiger partial charge in [-0.3, -0.25) is 19.2 Å². The molecule has 7 rings (SSSR count). The highest BCUT2D eigenvalue weighted by atomic mass is 16.6. The molecule has 3 amide bonds. The normalized spacial score (nSPS) is 29.5. The van der Waals surface area contributed by atoms with Crippen LogP contribution in [0.3, 0.4) is 0 Å². The van der Waals surface area contributed by atoms with Crippen LogP contribution in [0.25, 0.3) is 0 Å². The molecule has 2 fully saturated rings. The molecule has 50 heavy (non-hydrogen) atoms. The van der Waals surface area contributed by atoms with Gasteiger partial charge in [-0.15, -0.1) is 0 Å². The molecule has 10 nitrogen and oxygen atoms in total. The Kier molecular flexibility index (Phi) is 9.15. The standard InChI is InChI=1S/C40H41N3O7/c1-25-18-19-26(2)29(22-25)42-21-11-20-40-35(37(46)43(36(40)38(42)47)30(24-44)27-12-5-3-6-13-27)34-31(50-40)16-9-10-17-33(45)41-23-32(49-39(34)48)28-14-7-4-8-15-28/h3-9,11-16,18-20,22,30-32,34-36,44H,10,17,21,23-24H2,1-2H3,(H,41,45)/b16-9-/t30-,31+,32-,34-,35-,36+,40-/m1/s1. The van der Waals surface area contributed by atoms with Crippen molar-refractivity contribution in [3.05, 3.63) is 125 Å². The number of amides is 3. The minimum atomic E-state index is -1.56. The summed E-state index contributed by atoms with van der Waals surface area (Å²) in [6, 6.07) is 22.0. The second-order valence-corrected chi connectivity index (χ2v) is 13.4. The van der Waals surface area contributed by atoms with E-state index in [1.54, 1.807) is 23.1 Å². The van der Waals surface area contributed by atoms with Crippen molar-refractivity contribution in [2.24, 2.45) is 11.8 Å². The van der Waals surface area contributed by atoms with Crippen LogP contribution >= 0.6 is 0 Å². The van der Waals surface area contributed by atoms with E-state index in [9.17, 15) is 14.7 Å². The molecule has 258 valence electrons. The van der Waals surface area contributed by atoms with Crippen molar-refractivity contribution in [3.63, 3.8) is 0 Å². The number of nitrogens with one attached hydrogen (secondary N) is 1. The maximum absolute atomic E-state index is 15.1. The lowest BCUT2D eigenvalue weighted by Crippen LogP contribution is -2.56. The van der Waals surface area contributed by atoms with Crippen molar-refractivity contribution in [1.82, 2.24) is 10.2 Å². The molecule has 0 aliphatic carbocycles. The second kappa shape index (κ2) is 13.7. The zero-order valence-electron chi connectivity index (χ0n) is 28.1. The summed E-state index contributed by atoms with van der Waals surface area (Å²) < 4.78 is 13.1. The number of hydrogen-bond acceptors (Lipinski definition) is 7. The van der Waals surface area contributed by atoms with Gasteiger partial charge in [-0.2, -0.15) is 0 Å². The molecule has 1 spiro atoms. The number of rotatable bonds is 5. The number of hydrogen-bond donors (Lipinski definition) is 2. The first-order valence-electron chi connectivity index (χ1n) is 17.1. The number of carbonyl (C=O) groups is 4. The lowest BCUT2D eigenvalue weighted by Gasteiger charge is -2.39. The third kappa shape index (κ3) is 5.82. The van der Waals surface area contributed by atoms with Gasteiger partial charge in [-0.05, 0) is 48.6 Å². The maximum Gasteiger partial charge on any atom is 0.313 e. The maximum atomic E-state index is 15.1. The molecule has 10 heteroatoms. The van der Waals surface area contributed by atoms with Crippen molar-refractivity contribution < 1.29 is 33.8 Å². The van der Waals surface area contributed by atoms with Gasteiger partial charge in [0.1, 0.15) is 23.7 Å². The van der Waals surface area contributed by atoms with E-state index in [-0.39, 0.29) is 31.3 Å². The van der Waals surface area contributed by atoms with Crippen LogP contribution in [0, 0.1) is 25.7 Å². The number of aliphatic hydroxyl groups is 1. The van der Waals surface area contributed by atoms with Gasteiger partial charge < -0.3 is 29.7 Å². The SMILES string of the molecule is Cc1ccc(C)c(N2CC=C[C@@]34O[C@H]5/C=C\CCC(=O)NC[C@H](c6ccccc6)OC(=O)[C@H]5[C@@H]3C(=O)N([C@H](CO)c3ccccc3)[C@H]4C2=O)c1. The largest absolute Gasteiger partial charge is 0.455 e. The number of fused-ring (bicyclic) bond motifs is 2. The highest BCUT2D eigenvalue weighted by molar-refractivity contribution is 6.06. The molecule has 0 bridgehead atoms. The van der Waals surface area contributed by atoms with Crippen LogP contribution in [0.2, 0.25) is 0 Å². The van der Waals surface area contributed by atoms with Gasteiger partial charge in [0, 0.05) is 18.7 Å². The first-order valence-corrected chi connectivity index (χ1v) is 17.1. The van der Waals surface area contributed by atoms with Crippen molar-refractivity contribution in [1.29, 1.82) is 0 Å². The van der Waals surface area contributed by atoms with E-state index in [2.05, 4.69) is 5.32 Å². The lowest BCUT2D eigenvalue weighted by atomic mass is 9.77. The van der Waals surface area contributed by atoms with E-state index in [0.29, 0.717) is 23.2 Å². The third-order valence-corrected chi connectivity index (χ3v) is 10.3. The molecule has 4 aliphatic heterocycles. The van der Waals surface area contributed by atoms with Gasteiger partial charge in [0.25, 0.3) is 5.91 Å². The summed E-state index contributed by atoms with van der Waals surface area (Å²) in [4.78, 5) is 60.4. The predicted molar refractivity (Wildman–Crippen MR) is 186 cm³/mol. The van der Waals surface area contributed by atoms with Crippen molar-refractivity contribution in [2.45, 2.75) is 56.6 Å². The average molecular weight is 676 g/mol. The summed E-state index contributed by atoms with van der Waals surface area (Å²) in [5.74, 6) is -3.96. The van der Waals surface area contributed by atoms with Crippen LogP contribution in [0.5, 0.6) is 0 Å². The van der Waals surface area contributed by atoms with Crippen LogP contribution in [-0.2, 0) is 28.7 Å². The molecule has 4 heterocycles. The number of carbonyl (C=O) groups excluding carboxylic acids is 4. The first kappa shape index (κ1) is 33.4. The quantitative estimate of drug-likeness (QED) is 0.306. The number of ether oxygens (including phenoxy) is 2. The number of likely N-dealkylation sites (tertiary alicyclic amines) is 1. The molecule has 0 unspecified atom stereocenters. The van der Waals surface area contributed by atoms with Crippen LogP contribution in [0.15, 0.2) is 103 Å². The second-order valence-electron chi connectivity index (χ2n) is 13.4. The fraction of sp³-hybridized carbons (Fsp3) is 0.350. The predicted octanol–water partition coefficient (Wildman–Crippen LogP) is 4.27. The molecule has 2 N–H and O–H groups in total. The van der Waals surface area contributed by atoms with Crippen molar-refractivity contribution in [3.8, 4) is 0 Å². The smallest absolute Gasteiger partial charge is 0.313 e. The minimum Gasteiger partial charge on any atom is -0.455 e. The fourth-order valence-corrected chi connectivity index (χ4v) is 7.94. The number of benzene rings is 3. The van der Waals surface area contributed by atoms with E-state index in [4.69, 9.17) is 9.47 Å². The van der Waals surface area contributed by atoms with Gasteiger partial charge in [-0.1, -0.05) is 97.1 Å². The Morgan fingerprint density at radius 2 is 1.68 bits per heavy atom.